The number of fused-ring (bicyclic) bond motifs is 1. The van der Waals surface area contributed by atoms with Gasteiger partial charge in [0.1, 0.15) is 11.6 Å². The molecule has 0 fully saturated rings. The number of halogens is 2. The Labute approximate surface area is 175 Å². The SMILES string of the molecule is CCC(c1ccccc1)N(C(=O)Nc1ccc(F)cc1F)C1Cc2ccccc2C1. The molecule has 0 saturated carbocycles. The third-order valence-electron chi connectivity index (χ3n) is 5.74. The fraction of sp³-hybridized carbons (Fsp3) is 0.240. The van der Waals surface area contributed by atoms with Crippen molar-refractivity contribution < 1.29 is 13.6 Å². The van der Waals surface area contributed by atoms with E-state index in [1.54, 1.807) is 0 Å². The molecule has 1 aliphatic carbocycles. The molecule has 2 amide bonds. The van der Waals surface area contributed by atoms with Crippen molar-refractivity contribution in [2.75, 3.05) is 5.32 Å². The predicted molar refractivity (Wildman–Crippen MR) is 114 cm³/mol. The standard InChI is InChI=1S/C25H24F2N2O/c1-2-24(17-8-4-3-5-9-17)29(21-14-18-10-6-7-11-19(18)15-21)25(30)28-23-13-12-20(26)16-22(23)27/h3-13,16,21,24H,2,14-15H2,1H3,(H,28,30). The fourth-order valence-corrected chi connectivity index (χ4v) is 4.33. The number of nitrogens with zero attached hydrogens (tertiary/aromatic N) is 1. The number of urea groups is 1. The minimum absolute atomic E-state index is 0.0233. The van der Waals surface area contributed by atoms with Crippen LogP contribution in [0.2, 0.25) is 0 Å². The summed E-state index contributed by atoms with van der Waals surface area (Å²) in [5.41, 5.74) is 3.47. The van der Waals surface area contributed by atoms with Crippen molar-refractivity contribution in [1.82, 2.24) is 4.90 Å². The zero-order valence-electron chi connectivity index (χ0n) is 16.8. The average Bonchev–Trinajstić information content (AvgIpc) is 3.18. The monoisotopic (exact) mass is 406 g/mol. The van der Waals surface area contributed by atoms with Gasteiger partial charge in [-0.25, -0.2) is 13.6 Å². The Morgan fingerprint density at radius 3 is 2.23 bits per heavy atom. The Bertz CT molecular complexity index is 1010. The van der Waals surface area contributed by atoms with Gasteiger partial charge in [-0.2, -0.15) is 0 Å². The minimum Gasteiger partial charge on any atom is -0.314 e. The predicted octanol–water partition coefficient (Wildman–Crippen LogP) is 6.12. The number of hydrogen-bond acceptors (Lipinski definition) is 1. The van der Waals surface area contributed by atoms with Crippen LogP contribution in [0.4, 0.5) is 19.3 Å². The van der Waals surface area contributed by atoms with Gasteiger partial charge in [0, 0.05) is 12.1 Å². The third kappa shape index (κ3) is 4.06. The first-order chi connectivity index (χ1) is 14.6. The molecule has 0 heterocycles. The number of benzene rings is 3. The van der Waals surface area contributed by atoms with Crippen LogP contribution in [0.1, 0.15) is 36.1 Å². The Morgan fingerprint density at radius 2 is 1.63 bits per heavy atom. The Kier molecular flexibility index (Phi) is 5.79. The van der Waals surface area contributed by atoms with Gasteiger partial charge in [0.05, 0.1) is 11.7 Å². The quantitative estimate of drug-likeness (QED) is 0.544. The molecule has 0 spiro atoms. The maximum absolute atomic E-state index is 14.2. The van der Waals surface area contributed by atoms with E-state index in [-0.39, 0.29) is 23.8 Å². The lowest BCUT2D eigenvalue weighted by Crippen LogP contribution is -2.45. The second-order valence-corrected chi connectivity index (χ2v) is 7.63. The molecule has 1 N–H and O–H groups in total. The number of nitrogens with one attached hydrogen (secondary N) is 1. The molecule has 4 rings (SSSR count). The smallest absolute Gasteiger partial charge is 0.314 e. The van der Waals surface area contributed by atoms with E-state index in [1.807, 2.05) is 54.3 Å². The molecule has 1 aliphatic rings. The number of carbonyl (C=O) groups is 1. The van der Waals surface area contributed by atoms with Crippen molar-refractivity contribution in [3.8, 4) is 0 Å². The van der Waals surface area contributed by atoms with Crippen LogP contribution in [-0.2, 0) is 12.8 Å². The molecule has 30 heavy (non-hydrogen) atoms. The van der Waals surface area contributed by atoms with Crippen LogP contribution in [0.3, 0.4) is 0 Å². The summed E-state index contributed by atoms with van der Waals surface area (Å²) in [5, 5.41) is 2.67. The lowest BCUT2D eigenvalue weighted by atomic mass is 10.00. The van der Waals surface area contributed by atoms with Crippen LogP contribution >= 0.6 is 0 Å². The molecule has 1 atom stereocenters. The summed E-state index contributed by atoms with van der Waals surface area (Å²) in [6, 6.07) is 20.7. The molecule has 3 aromatic carbocycles. The van der Waals surface area contributed by atoms with E-state index in [0.717, 1.165) is 37.0 Å². The fourth-order valence-electron chi connectivity index (χ4n) is 4.33. The summed E-state index contributed by atoms with van der Waals surface area (Å²) >= 11 is 0. The van der Waals surface area contributed by atoms with Gasteiger partial charge in [-0.3, -0.25) is 0 Å². The Morgan fingerprint density at radius 1 is 1.00 bits per heavy atom. The van der Waals surface area contributed by atoms with Gasteiger partial charge in [-0.1, -0.05) is 61.5 Å². The van der Waals surface area contributed by atoms with E-state index >= 15 is 0 Å². The average molecular weight is 406 g/mol. The zero-order chi connectivity index (χ0) is 21.1. The van der Waals surface area contributed by atoms with E-state index in [4.69, 9.17) is 0 Å². The highest BCUT2D eigenvalue weighted by Gasteiger charge is 2.35. The van der Waals surface area contributed by atoms with Gasteiger partial charge in [-0.05, 0) is 48.1 Å². The number of amides is 2. The van der Waals surface area contributed by atoms with E-state index in [9.17, 15) is 13.6 Å². The van der Waals surface area contributed by atoms with Gasteiger partial charge in [0.15, 0.2) is 0 Å². The molecule has 3 aromatic rings. The van der Waals surface area contributed by atoms with Gasteiger partial charge in [0.2, 0.25) is 0 Å². The summed E-state index contributed by atoms with van der Waals surface area (Å²) in [6.07, 6.45) is 2.22. The van der Waals surface area contributed by atoms with Crippen molar-refractivity contribution in [2.24, 2.45) is 0 Å². The zero-order valence-corrected chi connectivity index (χ0v) is 16.8. The van der Waals surface area contributed by atoms with Crippen LogP contribution in [-0.4, -0.2) is 17.0 Å². The highest BCUT2D eigenvalue weighted by Crippen LogP contribution is 2.34. The second-order valence-electron chi connectivity index (χ2n) is 7.63. The van der Waals surface area contributed by atoms with E-state index in [2.05, 4.69) is 17.4 Å². The summed E-state index contributed by atoms with van der Waals surface area (Å²) in [7, 11) is 0. The molecule has 0 bridgehead atoms. The van der Waals surface area contributed by atoms with Gasteiger partial charge < -0.3 is 10.2 Å². The molecule has 0 radical (unpaired) electrons. The maximum Gasteiger partial charge on any atom is 0.322 e. The largest absolute Gasteiger partial charge is 0.322 e. The van der Waals surface area contributed by atoms with Gasteiger partial charge in [0.25, 0.3) is 0 Å². The first kappa shape index (κ1) is 20.1. The van der Waals surface area contributed by atoms with Crippen molar-refractivity contribution in [3.05, 3.63) is 101 Å². The van der Waals surface area contributed by atoms with Crippen LogP contribution in [0, 0.1) is 11.6 Å². The Balaban J connectivity index is 1.67. The molecule has 5 heteroatoms. The molecule has 0 aliphatic heterocycles. The highest BCUT2D eigenvalue weighted by atomic mass is 19.1. The van der Waals surface area contributed by atoms with Crippen molar-refractivity contribution in [2.45, 2.75) is 38.3 Å². The maximum atomic E-state index is 14.2. The number of carbonyl (C=O) groups excluding carboxylic acids is 1. The highest BCUT2D eigenvalue weighted by molar-refractivity contribution is 5.90. The van der Waals surface area contributed by atoms with Crippen LogP contribution in [0.5, 0.6) is 0 Å². The molecule has 1 unspecified atom stereocenters. The van der Waals surface area contributed by atoms with Crippen LogP contribution in [0.15, 0.2) is 72.8 Å². The molecule has 154 valence electrons. The molecule has 3 nitrogen and oxygen atoms in total. The lowest BCUT2D eigenvalue weighted by molar-refractivity contribution is 0.155. The third-order valence-corrected chi connectivity index (χ3v) is 5.74. The first-order valence-electron chi connectivity index (χ1n) is 10.2. The summed E-state index contributed by atoms with van der Waals surface area (Å²) < 4.78 is 27.5. The van der Waals surface area contributed by atoms with E-state index in [1.165, 1.54) is 17.2 Å². The van der Waals surface area contributed by atoms with Gasteiger partial charge >= 0.3 is 6.03 Å². The minimum atomic E-state index is -0.786. The molecule has 0 aromatic heterocycles. The normalized spacial score (nSPS) is 14.2. The van der Waals surface area contributed by atoms with Crippen molar-refractivity contribution >= 4 is 11.7 Å². The van der Waals surface area contributed by atoms with Crippen molar-refractivity contribution in [3.63, 3.8) is 0 Å². The summed E-state index contributed by atoms with van der Waals surface area (Å²) in [5.74, 6) is -1.46. The number of rotatable bonds is 5. The Hall–Kier alpha value is -3.21. The molecule has 0 saturated heterocycles. The summed E-state index contributed by atoms with van der Waals surface area (Å²) in [6.45, 7) is 2.04. The number of anilines is 1. The van der Waals surface area contributed by atoms with Crippen molar-refractivity contribution in [1.29, 1.82) is 0 Å². The van der Waals surface area contributed by atoms with Crippen LogP contribution < -0.4 is 5.32 Å². The molecular formula is C25H24F2N2O. The van der Waals surface area contributed by atoms with Crippen LogP contribution in [0.25, 0.3) is 0 Å². The van der Waals surface area contributed by atoms with E-state index < -0.39 is 11.6 Å². The molecular weight excluding hydrogens is 382 g/mol. The summed E-state index contributed by atoms with van der Waals surface area (Å²) in [4.78, 5) is 15.2. The van der Waals surface area contributed by atoms with Gasteiger partial charge in [-0.15, -0.1) is 0 Å². The second kappa shape index (κ2) is 8.66. The topological polar surface area (TPSA) is 32.3 Å². The first-order valence-corrected chi connectivity index (χ1v) is 10.2. The lowest BCUT2D eigenvalue weighted by Gasteiger charge is -2.36. The van der Waals surface area contributed by atoms with E-state index in [0.29, 0.717) is 0 Å². The number of hydrogen-bond donors (Lipinski definition) is 1.